The molecule has 0 spiro atoms. The zero-order valence-electron chi connectivity index (χ0n) is 20.4. The second kappa shape index (κ2) is 10.1. The molecule has 1 fully saturated rings. The van der Waals surface area contributed by atoms with Crippen molar-refractivity contribution in [1.29, 1.82) is 0 Å². The van der Waals surface area contributed by atoms with Crippen LogP contribution in [0.4, 0.5) is 0 Å². The van der Waals surface area contributed by atoms with Crippen LogP contribution in [-0.4, -0.2) is 28.6 Å². The van der Waals surface area contributed by atoms with E-state index in [4.69, 9.17) is 0 Å². The van der Waals surface area contributed by atoms with E-state index in [1.165, 1.54) is 49.4 Å². The maximum Gasteiger partial charge on any atom is 0.328 e. The lowest BCUT2D eigenvalue weighted by Crippen LogP contribution is -2.50. The molecule has 5 heteroatoms. The minimum absolute atomic E-state index is 0.282. The highest BCUT2D eigenvalue weighted by Gasteiger charge is 2.32. The first-order chi connectivity index (χ1) is 16.2. The monoisotopic (exact) mass is 460 g/mol. The molecule has 4 atom stereocenters. The maximum atomic E-state index is 12.5. The number of carbonyl (C=O) groups excluding carboxylic acids is 1. The minimum atomic E-state index is -1.29. The molecule has 0 bridgehead atoms. The summed E-state index contributed by atoms with van der Waals surface area (Å²) in [5.74, 6) is -0.369. The van der Waals surface area contributed by atoms with Crippen LogP contribution >= 0.6 is 0 Å². The van der Waals surface area contributed by atoms with Crippen molar-refractivity contribution in [2.45, 2.75) is 70.5 Å². The van der Waals surface area contributed by atoms with Crippen LogP contribution in [0.2, 0.25) is 0 Å². The van der Waals surface area contributed by atoms with Crippen LogP contribution in [0.5, 0.6) is 0 Å². The maximum absolute atomic E-state index is 12.5. The van der Waals surface area contributed by atoms with E-state index in [2.05, 4.69) is 66.1 Å². The van der Waals surface area contributed by atoms with Crippen LogP contribution in [0, 0.1) is 11.8 Å². The molecule has 1 amide bonds. The van der Waals surface area contributed by atoms with Gasteiger partial charge >= 0.3 is 5.97 Å². The summed E-state index contributed by atoms with van der Waals surface area (Å²) in [5.41, 5.74) is 0.618. The van der Waals surface area contributed by atoms with E-state index in [0.717, 1.165) is 12.8 Å². The molecular formula is C29H36N2O3. The van der Waals surface area contributed by atoms with Gasteiger partial charge in [-0.25, -0.2) is 4.79 Å². The average molecular weight is 461 g/mol. The van der Waals surface area contributed by atoms with Gasteiger partial charge < -0.3 is 15.7 Å². The fourth-order valence-electron chi connectivity index (χ4n) is 5.40. The van der Waals surface area contributed by atoms with E-state index < -0.39 is 11.5 Å². The first-order valence-electron chi connectivity index (χ1n) is 12.4. The van der Waals surface area contributed by atoms with E-state index in [-0.39, 0.29) is 11.9 Å². The largest absolute Gasteiger partial charge is 0.480 e. The highest BCUT2D eigenvalue weighted by atomic mass is 16.4. The molecule has 0 radical (unpaired) electrons. The number of carbonyl (C=O) groups is 2. The summed E-state index contributed by atoms with van der Waals surface area (Å²) < 4.78 is 0. The first-order valence-corrected chi connectivity index (χ1v) is 12.4. The van der Waals surface area contributed by atoms with Gasteiger partial charge in [0.25, 0.3) is 5.91 Å². The molecule has 1 saturated carbocycles. The van der Waals surface area contributed by atoms with E-state index in [9.17, 15) is 14.7 Å². The van der Waals surface area contributed by atoms with Gasteiger partial charge in [-0.2, -0.15) is 0 Å². The SMILES string of the molecule is C[C@@H](N[C@H]1CCC[C@H](C2C=CC(C(=O)NC(C)(C)C(=O)O)=CC2)C1)c1cccc2ccccc12. The smallest absolute Gasteiger partial charge is 0.328 e. The van der Waals surface area contributed by atoms with Crippen molar-refractivity contribution in [3.63, 3.8) is 0 Å². The van der Waals surface area contributed by atoms with Crippen molar-refractivity contribution in [3.8, 4) is 0 Å². The number of nitrogens with one attached hydrogen (secondary N) is 2. The van der Waals surface area contributed by atoms with Crippen LogP contribution in [0.1, 0.15) is 64.5 Å². The van der Waals surface area contributed by atoms with Crippen LogP contribution in [0.15, 0.2) is 66.3 Å². The van der Waals surface area contributed by atoms with Gasteiger partial charge in [0.1, 0.15) is 5.54 Å². The predicted molar refractivity (Wildman–Crippen MR) is 136 cm³/mol. The number of fused-ring (bicyclic) bond motifs is 1. The van der Waals surface area contributed by atoms with Crippen LogP contribution < -0.4 is 10.6 Å². The number of aliphatic carboxylic acids is 1. The van der Waals surface area contributed by atoms with Crippen molar-refractivity contribution in [2.24, 2.45) is 11.8 Å². The molecule has 4 rings (SSSR count). The number of rotatable bonds is 7. The van der Waals surface area contributed by atoms with Crippen molar-refractivity contribution in [2.75, 3.05) is 0 Å². The highest BCUT2D eigenvalue weighted by molar-refractivity contribution is 5.99. The lowest BCUT2D eigenvalue weighted by molar-refractivity contribution is -0.145. The van der Waals surface area contributed by atoms with Crippen molar-refractivity contribution >= 4 is 22.6 Å². The van der Waals surface area contributed by atoms with Gasteiger partial charge in [-0.1, -0.05) is 67.1 Å². The molecule has 34 heavy (non-hydrogen) atoms. The molecular weight excluding hydrogens is 424 g/mol. The summed E-state index contributed by atoms with van der Waals surface area (Å²) in [6.07, 6.45) is 11.6. The van der Waals surface area contributed by atoms with Gasteiger partial charge in [0, 0.05) is 17.7 Å². The third-order valence-electron chi connectivity index (χ3n) is 7.45. The van der Waals surface area contributed by atoms with Crippen molar-refractivity contribution < 1.29 is 14.7 Å². The number of hydrogen-bond donors (Lipinski definition) is 3. The van der Waals surface area contributed by atoms with Gasteiger partial charge in [0.15, 0.2) is 0 Å². The Bertz CT molecular complexity index is 1110. The average Bonchev–Trinajstić information content (AvgIpc) is 2.83. The van der Waals surface area contributed by atoms with Crippen LogP contribution in [-0.2, 0) is 9.59 Å². The van der Waals surface area contributed by atoms with Gasteiger partial charge in [0.2, 0.25) is 0 Å². The predicted octanol–water partition coefficient (Wildman–Crippen LogP) is 5.53. The molecule has 3 N–H and O–H groups in total. The second-order valence-corrected chi connectivity index (χ2v) is 10.4. The topological polar surface area (TPSA) is 78.4 Å². The molecule has 0 saturated heterocycles. The summed E-state index contributed by atoms with van der Waals surface area (Å²) in [4.78, 5) is 23.8. The highest BCUT2D eigenvalue weighted by Crippen LogP contribution is 2.36. The first kappa shape index (κ1) is 24.2. The van der Waals surface area contributed by atoms with E-state index in [1.807, 2.05) is 12.2 Å². The minimum Gasteiger partial charge on any atom is -0.480 e. The fourth-order valence-corrected chi connectivity index (χ4v) is 5.40. The quantitative estimate of drug-likeness (QED) is 0.508. The summed E-state index contributed by atoms with van der Waals surface area (Å²) in [6, 6.07) is 15.9. The molecule has 2 aromatic rings. The zero-order chi connectivity index (χ0) is 24.3. The molecule has 0 aromatic heterocycles. The number of benzene rings is 2. The summed E-state index contributed by atoms with van der Waals surface area (Å²) >= 11 is 0. The number of allylic oxidation sites excluding steroid dienone is 2. The second-order valence-electron chi connectivity index (χ2n) is 10.4. The van der Waals surface area contributed by atoms with E-state index >= 15 is 0 Å². The fraction of sp³-hybridized carbons (Fsp3) is 0.448. The number of carboxylic acid groups (broad SMARTS) is 1. The molecule has 2 aliphatic rings. The molecule has 2 aromatic carbocycles. The number of amides is 1. The Morgan fingerprint density at radius 1 is 1.09 bits per heavy atom. The molecule has 2 aliphatic carbocycles. The van der Waals surface area contributed by atoms with Gasteiger partial charge in [-0.15, -0.1) is 0 Å². The lowest BCUT2D eigenvalue weighted by atomic mass is 9.74. The number of hydrogen-bond acceptors (Lipinski definition) is 3. The molecule has 0 heterocycles. The van der Waals surface area contributed by atoms with Crippen LogP contribution in [0.25, 0.3) is 10.8 Å². The van der Waals surface area contributed by atoms with Crippen LogP contribution in [0.3, 0.4) is 0 Å². The van der Waals surface area contributed by atoms with Gasteiger partial charge in [-0.3, -0.25) is 4.79 Å². The Morgan fingerprint density at radius 2 is 1.85 bits per heavy atom. The summed E-state index contributed by atoms with van der Waals surface area (Å²) in [6.45, 7) is 5.26. The van der Waals surface area contributed by atoms with Crippen molar-refractivity contribution in [1.82, 2.24) is 10.6 Å². The Hall–Kier alpha value is -2.92. The Morgan fingerprint density at radius 3 is 2.59 bits per heavy atom. The summed E-state index contributed by atoms with van der Waals surface area (Å²) in [5, 5.41) is 18.4. The molecule has 5 nitrogen and oxygen atoms in total. The Balaban J connectivity index is 1.35. The molecule has 1 unspecified atom stereocenters. The molecule has 0 aliphatic heterocycles. The molecule has 180 valence electrons. The van der Waals surface area contributed by atoms with E-state index in [1.54, 1.807) is 0 Å². The van der Waals surface area contributed by atoms with E-state index in [0.29, 0.717) is 23.5 Å². The normalized spacial score (nSPS) is 23.9. The number of carboxylic acids is 1. The van der Waals surface area contributed by atoms with Gasteiger partial charge in [-0.05, 0) is 74.6 Å². The van der Waals surface area contributed by atoms with Crippen molar-refractivity contribution in [3.05, 3.63) is 71.8 Å². The summed E-state index contributed by atoms with van der Waals surface area (Å²) in [7, 11) is 0. The third kappa shape index (κ3) is 5.41. The Kier molecular flexibility index (Phi) is 7.22. The third-order valence-corrected chi connectivity index (χ3v) is 7.45. The Labute approximate surface area is 202 Å². The van der Waals surface area contributed by atoms with Gasteiger partial charge in [0.05, 0.1) is 0 Å². The standard InChI is InChI=1S/C29H36N2O3/c1-19(25-13-7-9-21-8-4-5-12-26(21)25)30-24-11-6-10-23(18-24)20-14-16-22(17-15-20)27(32)31-29(2,3)28(33)34/h4-5,7-9,12-14,16-17,19-20,23-24,30H,6,10-11,15,18H2,1-3H3,(H,31,32)(H,33,34)/t19-,20?,23+,24+/m1/s1. The zero-order valence-corrected chi connectivity index (χ0v) is 20.4. The lowest BCUT2D eigenvalue weighted by Gasteiger charge is -2.36.